The predicted molar refractivity (Wildman–Crippen MR) is 225 cm³/mol. The Bertz CT molecular complexity index is 1680. The molecule has 0 amide bonds. The van der Waals surface area contributed by atoms with E-state index in [1.165, 1.54) is 125 Å². The maximum absolute atomic E-state index is 6.40. The molecule has 0 unspecified atom stereocenters. The number of hydrogen-bond acceptors (Lipinski definition) is 4. The third-order valence-electron chi connectivity index (χ3n) is 9.75. The molecule has 0 aromatic heterocycles. The van der Waals surface area contributed by atoms with E-state index in [0.29, 0.717) is 16.0 Å². The maximum Gasteiger partial charge on any atom is 0.264 e. The second-order valence-corrected chi connectivity index (χ2v) is 15.3. The van der Waals surface area contributed by atoms with Crippen LogP contribution in [0.2, 0.25) is 0 Å². The van der Waals surface area contributed by atoms with Gasteiger partial charge in [0.25, 0.3) is 5.17 Å². The average molecular weight is 712 g/mol. The zero-order valence-electron chi connectivity index (χ0n) is 31.6. The highest BCUT2D eigenvalue weighted by Crippen LogP contribution is 2.42. The number of nitrogens with zero attached hydrogens (tertiary/aromatic N) is 1. The minimum atomic E-state index is 0.416. The normalized spacial score (nSPS) is 11.3. The summed E-state index contributed by atoms with van der Waals surface area (Å²) >= 11 is 11.1. The molecule has 0 aliphatic carbocycles. The fraction of sp³-hybridized carbons (Fsp3) is 0.511. The van der Waals surface area contributed by atoms with E-state index in [-0.39, 0.29) is 0 Å². The van der Waals surface area contributed by atoms with Gasteiger partial charge in [-0.15, -0.1) is 0 Å². The second-order valence-electron chi connectivity index (χ2n) is 14.4. The summed E-state index contributed by atoms with van der Waals surface area (Å²) in [5.41, 5.74) is 4.66. The Balaban J connectivity index is 1.62. The zero-order valence-corrected chi connectivity index (χ0v) is 33.2. The van der Waals surface area contributed by atoms with Crippen LogP contribution in [0.5, 0.6) is 11.5 Å². The topological polar surface area (TPSA) is 21.7 Å². The summed E-state index contributed by atoms with van der Waals surface area (Å²) in [6, 6.07) is 22.4. The molecule has 0 heterocycles. The molecule has 0 bridgehead atoms. The molecule has 0 radical (unpaired) electrons. The van der Waals surface area contributed by atoms with Gasteiger partial charge in [-0.1, -0.05) is 140 Å². The van der Waals surface area contributed by atoms with Gasteiger partial charge < -0.3 is 14.4 Å². The van der Waals surface area contributed by atoms with Crippen LogP contribution in [0, 0.1) is 0 Å². The fourth-order valence-corrected chi connectivity index (χ4v) is 7.00. The Morgan fingerprint density at radius 3 is 1.30 bits per heavy atom. The number of ether oxygens (including phenoxy) is 2. The van der Waals surface area contributed by atoms with E-state index >= 15 is 0 Å². The summed E-state index contributed by atoms with van der Waals surface area (Å²) in [7, 11) is 3.82. The first-order valence-electron chi connectivity index (χ1n) is 19.5. The molecule has 3 nitrogen and oxygen atoms in total. The van der Waals surface area contributed by atoms with Gasteiger partial charge in [0.1, 0.15) is 11.5 Å². The Morgan fingerprint density at radius 2 is 0.900 bits per heavy atom. The van der Waals surface area contributed by atoms with Gasteiger partial charge in [0.2, 0.25) is 0 Å². The molecule has 0 saturated heterocycles. The summed E-state index contributed by atoms with van der Waals surface area (Å²) in [4.78, 5) is 1.83. The molecule has 0 N–H and O–H groups in total. The van der Waals surface area contributed by atoms with Crippen molar-refractivity contribution in [2.24, 2.45) is 0 Å². The number of rotatable bonds is 21. The number of benzene rings is 4. The van der Waals surface area contributed by atoms with Gasteiger partial charge in [-0.2, -0.15) is 0 Å². The van der Waals surface area contributed by atoms with Gasteiger partial charge >= 0.3 is 0 Å². The summed E-state index contributed by atoms with van der Waals surface area (Å²) in [6.07, 6.45) is 23.5. The molecule has 0 spiro atoms. The minimum Gasteiger partial charge on any atom is -0.450 e. The lowest BCUT2D eigenvalue weighted by atomic mass is 9.94. The van der Waals surface area contributed by atoms with E-state index in [1.54, 1.807) is 0 Å². The molecule has 4 rings (SSSR count). The van der Waals surface area contributed by atoms with Crippen molar-refractivity contribution < 1.29 is 9.47 Å². The van der Waals surface area contributed by atoms with Crippen LogP contribution in [-0.4, -0.2) is 29.2 Å². The molecular weight excluding hydrogens is 651 g/mol. The molecule has 0 fully saturated rings. The molecule has 5 heteroatoms. The van der Waals surface area contributed by atoms with Crippen molar-refractivity contribution in [3.05, 3.63) is 71.8 Å². The number of unbranched alkanes of at least 4 members (excludes halogenated alkanes) is 14. The highest BCUT2D eigenvalue weighted by Gasteiger charge is 2.18. The highest BCUT2D eigenvalue weighted by atomic mass is 32.1. The summed E-state index contributed by atoms with van der Waals surface area (Å²) in [5, 5.41) is 5.55. The first-order valence-corrected chi connectivity index (χ1v) is 20.3. The first-order chi connectivity index (χ1) is 24.3. The zero-order chi connectivity index (χ0) is 35.7. The summed E-state index contributed by atoms with van der Waals surface area (Å²) in [5.74, 6) is 1.45. The average Bonchev–Trinajstić information content (AvgIpc) is 3.09. The quantitative estimate of drug-likeness (QED) is 0.0632. The second kappa shape index (κ2) is 21.4. The fourth-order valence-electron chi connectivity index (χ4n) is 6.82. The number of hydrogen-bond donors (Lipinski definition) is 0. The predicted octanol–water partition coefficient (Wildman–Crippen LogP) is 14.0. The van der Waals surface area contributed by atoms with E-state index < -0.39 is 0 Å². The molecular formula is C45H61NO2S2. The number of thiocarbonyl (C=S) groups is 2. The Labute approximate surface area is 314 Å². The number of aryl methyl sites for hydroxylation is 2. The maximum atomic E-state index is 6.40. The van der Waals surface area contributed by atoms with Gasteiger partial charge in [-0.3, -0.25) is 0 Å². The molecule has 0 aliphatic heterocycles. The highest BCUT2D eigenvalue weighted by molar-refractivity contribution is 7.80. The summed E-state index contributed by atoms with van der Waals surface area (Å²) in [6.45, 7) is 6.39. The molecule has 0 atom stereocenters. The Kier molecular flexibility index (Phi) is 17.0. The largest absolute Gasteiger partial charge is 0.450 e. The van der Waals surface area contributed by atoms with Crippen molar-refractivity contribution >= 4 is 56.2 Å². The van der Waals surface area contributed by atoms with Crippen molar-refractivity contribution in [3.8, 4) is 22.6 Å². The van der Waals surface area contributed by atoms with Crippen LogP contribution in [0.15, 0.2) is 60.7 Å². The SMILES string of the molecule is CCCCCCCCCCc1ccc2cc(OC(C)=S)c(-c3cc4cc(CCCCCCCCCC)ccc4cc3OC(=S)N(C)C)cc2c1. The van der Waals surface area contributed by atoms with E-state index in [2.05, 4.69) is 74.5 Å². The van der Waals surface area contributed by atoms with Crippen LogP contribution < -0.4 is 9.47 Å². The Hall–Kier alpha value is -3.02. The van der Waals surface area contributed by atoms with Crippen LogP contribution in [0.4, 0.5) is 0 Å². The van der Waals surface area contributed by atoms with Gasteiger partial charge in [0.05, 0.1) is 0 Å². The minimum absolute atomic E-state index is 0.416. The van der Waals surface area contributed by atoms with Gasteiger partial charge in [-0.05, 0) is 107 Å². The van der Waals surface area contributed by atoms with Gasteiger partial charge in [0.15, 0.2) is 5.05 Å². The van der Waals surface area contributed by atoms with Crippen LogP contribution >= 0.6 is 24.4 Å². The third-order valence-corrected chi connectivity index (χ3v) is 10.3. The van der Waals surface area contributed by atoms with Crippen LogP contribution in [0.3, 0.4) is 0 Å². The van der Waals surface area contributed by atoms with E-state index in [4.69, 9.17) is 33.9 Å². The third kappa shape index (κ3) is 12.6. The Morgan fingerprint density at radius 1 is 0.500 bits per heavy atom. The van der Waals surface area contributed by atoms with Crippen molar-refractivity contribution in [1.29, 1.82) is 0 Å². The standard InChI is InChI=1S/C45H61NO2S2/c1-6-8-10-12-14-16-18-20-22-35-24-26-37-32-43(47-34(3)49)41(30-39(37)28-35)42-31-40-29-36(23-21-19-17-15-13-11-9-7-2)25-27-38(40)33-44(42)48-45(50)46(4)5/h24-33H,6-23H2,1-5H3. The van der Waals surface area contributed by atoms with Gasteiger partial charge in [0, 0.05) is 32.1 Å². The molecule has 0 saturated carbocycles. The van der Waals surface area contributed by atoms with E-state index in [0.717, 1.165) is 40.5 Å². The molecule has 4 aromatic rings. The summed E-state index contributed by atoms with van der Waals surface area (Å²) < 4.78 is 12.6. The molecule has 4 aromatic carbocycles. The lowest BCUT2D eigenvalue weighted by molar-refractivity contribution is 0.450. The monoisotopic (exact) mass is 711 g/mol. The van der Waals surface area contributed by atoms with E-state index in [9.17, 15) is 0 Å². The smallest absolute Gasteiger partial charge is 0.264 e. The van der Waals surface area contributed by atoms with Crippen molar-refractivity contribution in [3.63, 3.8) is 0 Å². The van der Waals surface area contributed by atoms with Crippen molar-refractivity contribution in [2.45, 2.75) is 136 Å². The van der Waals surface area contributed by atoms with Crippen molar-refractivity contribution in [1.82, 2.24) is 4.90 Å². The van der Waals surface area contributed by atoms with Crippen LogP contribution in [-0.2, 0) is 12.8 Å². The van der Waals surface area contributed by atoms with E-state index in [1.807, 2.05) is 25.9 Å². The lowest BCUT2D eigenvalue weighted by Gasteiger charge is -2.20. The molecule has 50 heavy (non-hydrogen) atoms. The number of fused-ring (bicyclic) bond motifs is 2. The van der Waals surface area contributed by atoms with Crippen LogP contribution in [0.1, 0.15) is 135 Å². The van der Waals surface area contributed by atoms with Gasteiger partial charge in [-0.25, -0.2) is 0 Å². The molecule has 0 aliphatic rings. The molecule has 270 valence electrons. The lowest BCUT2D eigenvalue weighted by Crippen LogP contribution is -2.25. The van der Waals surface area contributed by atoms with Crippen LogP contribution in [0.25, 0.3) is 32.7 Å². The first kappa shape index (κ1) is 39.8. The van der Waals surface area contributed by atoms with Crippen molar-refractivity contribution in [2.75, 3.05) is 14.1 Å².